The van der Waals surface area contributed by atoms with Crippen LogP contribution in [-0.4, -0.2) is 40.0 Å². The van der Waals surface area contributed by atoms with E-state index in [0.29, 0.717) is 19.4 Å². The number of carbonyl (C=O) groups excluding carboxylic acids is 2. The Morgan fingerprint density at radius 3 is 2.90 bits per heavy atom. The summed E-state index contributed by atoms with van der Waals surface area (Å²) in [5, 5.41) is 7.21. The van der Waals surface area contributed by atoms with E-state index in [1.54, 1.807) is 0 Å². The van der Waals surface area contributed by atoms with Gasteiger partial charge in [-0.15, -0.1) is 0 Å². The van der Waals surface area contributed by atoms with Gasteiger partial charge >= 0.3 is 0 Å². The van der Waals surface area contributed by atoms with E-state index in [1.165, 1.54) is 5.56 Å². The first-order valence-electron chi connectivity index (χ1n) is 7.70. The Hall–Kier alpha value is -1.85. The maximum Gasteiger partial charge on any atom is 0.238 e. The molecule has 1 aromatic rings. The van der Waals surface area contributed by atoms with Gasteiger partial charge in [0.05, 0.1) is 6.20 Å². The minimum absolute atomic E-state index is 0.0720. The summed E-state index contributed by atoms with van der Waals surface area (Å²) in [7, 11) is 0. The van der Waals surface area contributed by atoms with Crippen molar-refractivity contribution >= 4 is 11.8 Å². The predicted octanol–water partition coefficient (Wildman–Crippen LogP) is 0.944. The summed E-state index contributed by atoms with van der Waals surface area (Å²) in [6, 6.07) is 0. The number of aromatic amines is 1. The molecule has 114 valence electrons. The van der Waals surface area contributed by atoms with Gasteiger partial charge in [-0.3, -0.25) is 14.7 Å². The monoisotopic (exact) mass is 290 g/mol. The molecule has 0 bridgehead atoms. The molecule has 0 unspecified atom stereocenters. The van der Waals surface area contributed by atoms with Crippen LogP contribution in [0.4, 0.5) is 0 Å². The number of carbonyl (C=O) groups is 2. The van der Waals surface area contributed by atoms with Gasteiger partial charge in [0.2, 0.25) is 11.8 Å². The van der Waals surface area contributed by atoms with Crippen molar-refractivity contribution in [3.63, 3.8) is 0 Å². The van der Waals surface area contributed by atoms with Gasteiger partial charge < -0.3 is 10.6 Å². The summed E-state index contributed by atoms with van der Waals surface area (Å²) in [6.07, 6.45) is 6.00. The van der Waals surface area contributed by atoms with E-state index in [4.69, 9.17) is 5.73 Å². The number of H-pyrrole nitrogens is 1. The summed E-state index contributed by atoms with van der Waals surface area (Å²) in [5.74, 6) is -0.258. The average molecular weight is 290 g/mol. The molecule has 21 heavy (non-hydrogen) atoms. The average Bonchev–Trinajstić information content (AvgIpc) is 3.18. The number of hydrogen-bond acceptors (Lipinski definition) is 3. The van der Waals surface area contributed by atoms with Crippen molar-refractivity contribution in [2.24, 2.45) is 11.1 Å². The molecule has 2 heterocycles. The first-order chi connectivity index (χ1) is 10.1. The second-order valence-corrected chi connectivity index (χ2v) is 6.20. The van der Waals surface area contributed by atoms with E-state index in [0.717, 1.165) is 31.5 Å². The smallest absolute Gasteiger partial charge is 0.238 e. The standard InChI is InChI=1S/C15H22N4O2/c1-2-10-8-17-18-12(10)11-4-3-7-19(9-11)14(21)15(5-6-15)13(16)20/h8,11H,2-7,9H2,1H3,(H2,16,20)(H,17,18)/t11-/m0/s1. The van der Waals surface area contributed by atoms with E-state index in [9.17, 15) is 9.59 Å². The third-order valence-corrected chi connectivity index (χ3v) is 4.88. The highest BCUT2D eigenvalue weighted by atomic mass is 16.2. The lowest BCUT2D eigenvalue weighted by Crippen LogP contribution is -2.47. The quantitative estimate of drug-likeness (QED) is 0.808. The Bertz CT molecular complexity index is 562. The molecule has 1 saturated carbocycles. The Labute approximate surface area is 124 Å². The molecule has 1 saturated heterocycles. The summed E-state index contributed by atoms with van der Waals surface area (Å²) >= 11 is 0. The number of nitrogens with one attached hydrogen (secondary N) is 1. The van der Waals surface area contributed by atoms with Gasteiger partial charge in [-0.05, 0) is 37.7 Å². The van der Waals surface area contributed by atoms with Gasteiger partial charge in [-0.2, -0.15) is 5.10 Å². The van der Waals surface area contributed by atoms with Crippen molar-refractivity contribution in [1.29, 1.82) is 0 Å². The van der Waals surface area contributed by atoms with Crippen molar-refractivity contribution in [2.75, 3.05) is 13.1 Å². The number of primary amides is 1. The molecule has 2 amide bonds. The number of amides is 2. The summed E-state index contributed by atoms with van der Waals surface area (Å²) in [6.45, 7) is 3.48. The van der Waals surface area contributed by atoms with Crippen LogP contribution in [0.5, 0.6) is 0 Å². The van der Waals surface area contributed by atoms with Gasteiger partial charge in [0, 0.05) is 24.7 Å². The van der Waals surface area contributed by atoms with Crippen LogP contribution in [0.3, 0.4) is 0 Å². The molecule has 2 aliphatic rings. The Morgan fingerprint density at radius 1 is 1.52 bits per heavy atom. The van der Waals surface area contributed by atoms with Crippen molar-refractivity contribution < 1.29 is 9.59 Å². The van der Waals surface area contributed by atoms with Crippen LogP contribution < -0.4 is 5.73 Å². The van der Waals surface area contributed by atoms with Gasteiger partial charge in [0.25, 0.3) is 0 Å². The maximum atomic E-state index is 12.6. The lowest BCUT2D eigenvalue weighted by atomic mass is 9.90. The third-order valence-electron chi connectivity index (χ3n) is 4.88. The zero-order valence-corrected chi connectivity index (χ0v) is 12.4. The first kappa shape index (κ1) is 14.1. The van der Waals surface area contributed by atoms with Crippen LogP contribution in [0.15, 0.2) is 6.20 Å². The van der Waals surface area contributed by atoms with Crippen LogP contribution in [0.2, 0.25) is 0 Å². The fourth-order valence-corrected chi connectivity index (χ4v) is 3.35. The molecule has 0 spiro atoms. The zero-order valence-electron chi connectivity index (χ0n) is 12.4. The van der Waals surface area contributed by atoms with Gasteiger partial charge in [-0.1, -0.05) is 6.92 Å². The summed E-state index contributed by atoms with van der Waals surface area (Å²) in [4.78, 5) is 26.0. The number of piperidine rings is 1. The Balaban J connectivity index is 1.75. The van der Waals surface area contributed by atoms with E-state index >= 15 is 0 Å². The molecular formula is C15H22N4O2. The zero-order chi connectivity index (χ0) is 15.0. The fourth-order valence-electron chi connectivity index (χ4n) is 3.35. The Kier molecular flexibility index (Phi) is 3.47. The van der Waals surface area contributed by atoms with Crippen molar-refractivity contribution in [1.82, 2.24) is 15.1 Å². The summed E-state index contributed by atoms with van der Waals surface area (Å²) in [5.41, 5.74) is 6.86. The summed E-state index contributed by atoms with van der Waals surface area (Å²) < 4.78 is 0. The Morgan fingerprint density at radius 2 is 2.29 bits per heavy atom. The number of likely N-dealkylation sites (tertiary alicyclic amines) is 1. The normalized spacial score (nSPS) is 23.9. The van der Waals surface area contributed by atoms with Crippen molar-refractivity contribution in [3.05, 3.63) is 17.5 Å². The fraction of sp³-hybridized carbons (Fsp3) is 0.667. The molecule has 0 aromatic carbocycles. The molecule has 1 aliphatic heterocycles. The number of rotatable bonds is 4. The van der Waals surface area contributed by atoms with E-state index in [-0.39, 0.29) is 11.8 Å². The van der Waals surface area contributed by atoms with Gasteiger partial charge in [0.1, 0.15) is 5.41 Å². The number of nitrogens with two attached hydrogens (primary N) is 1. The highest BCUT2D eigenvalue weighted by Crippen LogP contribution is 2.47. The second-order valence-electron chi connectivity index (χ2n) is 6.20. The predicted molar refractivity (Wildman–Crippen MR) is 77.4 cm³/mol. The van der Waals surface area contributed by atoms with Crippen LogP contribution in [0.1, 0.15) is 49.8 Å². The molecule has 0 radical (unpaired) electrons. The number of aromatic nitrogens is 2. The van der Waals surface area contributed by atoms with E-state index in [2.05, 4.69) is 17.1 Å². The van der Waals surface area contributed by atoms with Crippen LogP contribution in [0, 0.1) is 5.41 Å². The number of nitrogens with zero attached hydrogens (tertiary/aromatic N) is 2. The van der Waals surface area contributed by atoms with Crippen LogP contribution in [-0.2, 0) is 16.0 Å². The largest absolute Gasteiger partial charge is 0.369 e. The van der Waals surface area contributed by atoms with Gasteiger partial charge in [0.15, 0.2) is 0 Å². The highest BCUT2D eigenvalue weighted by molar-refractivity contribution is 6.07. The third kappa shape index (κ3) is 2.32. The van der Waals surface area contributed by atoms with E-state index < -0.39 is 11.3 Å². The van der Waals surface area contributed by atoms with Crippen LogP contribution >= 0.6 is 0 Å². The molecule has 6 heteroatoms. The second kappa shape index (κ2) is 5.16. The van der Waals surface area contributed by atoms with Crippen LogP contribution in [0.25, 0.3) is 0 Å². The molecule has 1 aromatic heterocycles. The SMILES string of the molecule is CCc1cn[nH]c1[C@H]1CCCN(C(=O)C2(C(N)=O)CC2)C1. The van der Waals surface area contributed by atoms with E-state index in [1.807, 2.05) is 11.1 Å². The topological polar surface area (TPSA) is 92.1 Å². The minimum atomic E-state index is -0.899. The maximum absolute atomic E-state index is 12.6. The molecule has 1 atom stereocenters. The molecular weight excluding hydrogens is 268 g/mol. The van der Waals surface area contributed by atoms with Crippen molar-refractivity contribution in [3.8, 4) is 0 Å². The van der Waals surface area contributed by atoms with Crippen molar-refractivity contribution in [2.45, 2.75) is 44.9 Å². The molecule has 3 N–H and O–H groups in total. The minimum Gasteiger partial charge on any atom is -0.369 e. The molecule has 3 rings (SSSR count). The molecule has 1 aliphatic carbocycles. The number of aryl methyl sites for hydroxylation is 1. The first-order valence-corrected chi connectivity index (χ1v) is 7.70. The number of hydrogen-bond donors (Lipinski definition) is 2. The molecule has 2 fully saturated rings. The lowest BCUT2D eigenvalue weighted by Gasteiger charge is -2.34. The highest BCUT2D eigenvalue weighted by Gasteiger charge is 2.57. The lowest BCUT2D eigenvalue weighted by molar-refractivity contribution is -0.143. The van der Waals surface area contributed by atoms with Gasteiger partial charge in [-0.25, -0.2) is 0 Å². The molecule has 6 nitrogen and oxygen atoms in total.